The van der Waals surface area contributed by atoms with Crippen LogP contribution in [0.1, 0.15) is 39.5 Å². The van der Waals surface area contributed by atoms with Crippen LogP contribution in [0.4, 0.5) is 0 Å². The number of imide groups is 1. The van der Waals surface area contributed by atoms with Crippen LogP contribution in [0.25, 0.3) is 0 Å². The van der Waals surface area contributed by atoms with Gasteiger partial charge in [-0.05, 0) is 26.7 Å². The predicted octanol–water partition coefficient (Wildman–Crippen LogP) is 1.42. The van der Waals surface area contributed by atoms with Crippen LogP contribution in [-0.2, 0) is 19.1 Å². The predicted molar refractivity (Wildman–Crippen MR) is 65.6 cm³/mol. The molecule has 0 saturated heterocycles. The highest BCUT2D eigenvalue weighted by Gasteiger charge is 2.32. The Labute approximate surface area is 107 Å². The Kier molecular flexibility index (Phi) is 5.07. The fraction of sp³-hybridized carbons (Fsp3) is 0.615. The van der Waals surface area contributed by atoms with Crippen molar-refractivity contribution in [3.8, 4) is 0 Å². The molecule has 0 aromatic heterocycles. The molecule has 0 bridgehead atoms. The summed E-state index contributed by atoms with van der Waals surface area (Å²) in [7, 11) is 1.36. The molecule has 1 rings (SSSR count). The van der Waals surface area contributed by atoms with Gasteiger partial charge in [-0.3, -0.25) is 19.3 Å². The van der Waals surface area contributed by atoms with Crippen LogP contribution in [-0.4, -0.2) is 36.3 Å². The molecule has 0 unspecified atom stereocenters. The quantitative estimate of drug-likeness (QED) is 0.408. The first kappa shape index (κ1) is 14.4. The highest BCUT2D eigenvalue weighted by Crippen LogP contribution is 2.20. The van der Waals surface area contributed by atoms with E-state index in [0.29, 0.717) is 30.5 Å². The number of nitrogens with zero attached hydrogens (tertiary/aromatic N) is 1. The van der Waals surface area contributed by atoms with Crippen molar-refractivity contribution in [2.45, 2.75) is 39.5 Å². The number of methoxy groups -OCH3 is 1. The standard InChI is InChI=1S/C13H19NO4/c1-9-10(2)13(17)14(12(9)16)8-6-4-5-7-11(15)18-3/h4-8H2,1-3H3. The minimum atomic E-state index is -0.225. The second-order valence-corrected chi connectivity index (χ2v) is 4.40. The lowest BCUT2D eigenvalue weighted by molar-refractivity contribution is -0.141. The number of carbonyl (C=O) groups excluding carboxylic acids is 3. The van der Waals surface area contributed by atoms with Gasteiger partial charge in [-0.15, -0.1) is 0 Å². The van der Waals surface area contributed by atoms with E-state index in [4.69, 9.17) is 0 Å². The fourth-order valence-electron chi connectivity index (χ4n) is 1.84. The van der Waals surface area contributed by atoms with Crippen molar-refractivity contribution in [3.05, 3.63) is 11.1 Å². The maximum absolute atomic E-state index is 11.7. The summed E-state index contributed by atoms with van der Waals surface area (Å²) < 4.78 is 4.53. The van der Waals surface area contributed by atoms with Gasteiger partial charge in [-0.1, -0.05) is 6.42 Å². The van der Waals surface area contributed by atoms with Gasteiger partial charge in [0, 0.05) is 24.1 Å². The summed E-state index contributed by atoms with van der Waals surface area (Å²) in [6, 6.07) is 0. The normalized spacial score (nSPS) is 15.6. The molecule has 0 aromatic rings. The van der Waals surface area contributed by atoms with Gasteiger partial charge in [0.1, 0.15) is 0 Å². The van der Waals surface area contributed by atoms with E-state index in [1.54, 1.807) is 13.8 Å². The van der Waals surface area contributed by atoms with Crippen molar-refractivity contribution in [1.29, 1.82) is 0 Å². The van der Waals surface area contributed by atoms with Crippen LogP contribution in [0.3, 0.4) is 0 Å². The first-order valence-corrected chi connectivity index (χ1v) is 6.09. The van der Waals surface area contributed by atoms with Crippen molar-refractivity contribution in [2.75, 3.05) is 13.7 Å². The Hall–Kier alpha value is -1.65. The van der Waals surface area contributed by atoms with E-state index in [9.17, 15) is 14.4 Å². The average Bonchev–Trinajstić information content (AvgIpc) is 2.55. The van der Waals surface area contributed by atoms with Crippen LogP contribution >= 0.6 is 0 Å². The minimum Gasteiger partial charge on any atom is -0.469 e. The maximum Gasteiger partial charge on any atom is 0.305 e. The summed E-state index contributed by atoms with van der Waals surface area (Å²) in [6.07, 6.45) is 2.61. The molecule has 2 amide bonds. The SMILES string of the molecule is COC(=O)CCCCCN1C(=O)C(C)=C(C)C1=O. The van der Waals surface area contributed by atoms with Crippen molar-refractivity contribution >= 4 is 17.8 Å². The third kappa shape index (κ3) is 3.18. The number of hydrogen-bond acceptors (Lipinski definition) is 4. The van der Waals surface area contributed by atoms with Gasteiger partial charge in [0.05, 0.1) is 7.11 Å². The fourth-order valence-corrected chi connectivity index (χ4v) is 1.84. The van der Waals surface area contributed by atoms with Crippen molar-refractivity contribution < 1.29 is 19.1 Å². The van der Waals surface area contributed by atoms with E-state index < -0.39 is 0 Å². The molecular formula is C13H19NO4. The molecule has 0 fully saturated rings. The molecule has 0 radical (unpaired) electrons. The molecule has 0 aliphatic carbocycles. The number of unbranched alkanes of at least 4 members (excludes halogenated alkanes) is 2. The second kappa shape index (κ2) is 6.33. The molecule has 0 saturated carbocycles. The van der Waals surface area contributed by atoms with Gasteiger partial charge in [0.2, 0.25) is 0 Å². The van der Waals surface area contributed by atoms with Gasteiger partial charge in [-0.25, -0.2) is 0 Å². The van der Waals surface area contributed by atoms with E-state index in [0.717, 1.165) is 12.8 Å². The van der Waals surface area contributed by atoms with E-state index in [1.807, 2.05) is 0 Å². The summed E-state index contributed by atoms with van der Waals surface area (Å²) in [6.45, 7) is 3.77. The molecule has 5 heteroatoms. The lowest BCUT2D eigenvalue weighted by Crippen LogP contribution is -2.32. The number of esters is 1. The Morgan fingerprint density at radius 1 is 1.06 bits per heavy atom. The van der Waals surface area contributed by atoms with Crippen LogP contribution in [0, 0.1) is 0 Å². The summed E-state index contributed by atoms with van der Waals surface area (Å²) in [4.78, 5) is 35.6. The van der Waals surface area contributed by atoms with Crippen LogP contribution in [0.2, 0.25) is 0 Å². The topological polar surface area (TPSA) is 63.7 Å². The Balaban J connectivity index is 2.28. The van der Waals surface area contributed by atoms with Crippen LogP contribution in [0.5, 0.6) is 0 Å². The van der Waals surface area contributed by atoms with Gasteiger partial charge >= 0.3 is 5.97 Å². The van der Waals surface area contributed by atoms with Crippen molar-refractivity contribution in [2.24, 2.45) is 0 Å². The third-order valence-electron chi connectivity index (χ3n) is 3.18. The third-order valence-corrected chi connectivity index (χ3v) is 3.18. The largest absolute Gasteiger partial charge is 0.469 e. The number of amides is 2. The molecular weight excluding hydrogens is 234 g/mol. The number of rotatable bonds is 6. The highest BCUT2D eigenvalue weighted by molar-refractivity contribution is 6.18. The lowest BCUT2D eigenvalue weighted by Gasteiger charge is -2.14. The number of ether oxygens (including phenoxy) is 1. The van der Waals surface area contributed by atoms with Crippen LogP contribution in [0.15, 0.2) is 11.1 Å². The molecule has 0 N–H and O–H groups in total. The Morgan fingerprint density at radius 3 is 2.11 bits per heavy atom. The van der Waals surface area contributed by atoms with Gasteiger partial charge in [-0.2, -0.15) is 0 Å². The first-order chi connectivity index (χ1) is 8.49. The molecule has 100 valence electrons. The molecule has 5 nitrogen and oxygen atoms in total. The van der Waals surface area contributed by atoms with E-state index in [-0.39, 0.29) is 17.8 Å². The van der Waals surface area contributed by atoms with E-state index in [2.05, 4.69) is 4.74 Å². The molecule has 0 spiro atoms. The minimum absolute atomic E-state index is 0.189. The summed E-state index contributed by atoms with van der Waals surface area (Å²) in [5.74, 6) is -0.604. The number of hydrogen-bond donors (Lipinski definition) is 0. The average molecular weight is 253 g/mol. The van der Waals surface area contributed by atoms with Crippen molar-refractivity contribution in [3.63, 3.8) is 0 Å². The zero-order valence-corrected chi connectivity index (χ0v) is 11.1. The Morgan fingerprint density at radius 2 is 1.61 bits per heavy atom. The monoisotopic (exact) mass is 253 g/mol. The zero-order valence-electron chi connectivity index (χ0n) is 11.1. The van der Waals surface area contributed by atoms with Crippen molar-refractivity contribution in [1.82, 2.24) is 4.90 Å². The smallest absolute Gasteiger partial charge is 0.305 e. The molecule has 1 aliphatic rings. The molecule has 0 atom stereocenters. The van der Waals surface area contributed by atoms with E-state index >= 15 is 0 Å². The molecule has 18 heavy (non-hydrogen) atoms. The highest BCUT2D eigenvalue weighted by atomic mass is 16.5. The lowest BCUT2D eigenvalue weighted by atomic mass is 10.2. The number of carbonyl (C=O) groups is 3. The van der Waals surface area contributed by atoms with Gasteiger partial charge in [0.15, 0.2) is 0 Å². The first-order valence-electron chi connectivity index (χ1n) is 6.09. The second-order valence-electron chi connectivity index (χ2n) is 4.40. The molecule has 1 aliphatic heterocycles. The van der Waals surface area contributed by atoms with Gasteiger partial charge < -0.3 is 4.74 Å². The van der Waals surface area contributed by atoms with Crippen LogP contribution < -0.4 is 0 Å². The molecule has 0 aromatic carbocycles. The van der Waals surface area contributed by atoms with E-state index in [1.165, 1.54) is 12.0 Å². The summed E-state index contributed by atoms with van der Waals surface area (Å²) >= 11 is 0. The zero-order chi connectivity index (χ0) is 13.7. The molecule has 1 heterocycles. The summed E-state index contributed by atoms with van der Waals surface area (Å²) in [5, 5.41) is 0. The van der Waals surface area contributed by atoms with Gasteiger partial charge in [0.25, 0.3) is 11.8 Å². The summed E-state index contributed by atoms with van der Waals surface area (Å²) in [5.41, 5.74) is 1.07. The maximum atomic E-state index is 11.7. The Bertz CT molecular complexity index is 374.